The minimum atomic E-state index is 0.598. The number of rotatable bonds is 0. The molecule has 0 saturated heterocycles. The summed E-state index contributed by atoms with van der Waals surface area (Å²) in [4.78, 5) is 4.50. The lowest BCUT2D eigenvalue weighted by atomic mass is 10.1. The number of hydrogen-bond donors (Lipinski definition) is 0. The summed E-state index contributed by atoms with van der Waals surface area (Å²) in [6.07, 6.45) is 0. The van der Waals surface area contributed by atoms with Gasteiger partial charge >= 0.3 is 0 Å². The Bertz CT molecular complexity index is 737. The molecule has 0 aliphatic rings. The fraction of sp³-hybridized carbons (Fsp3) is 0. The van der Waals surface area contributed by atoms with E-state index >= 15 is 0 Å². The Hall–Kier alpha value is -1.02. The first-order chi connectivity index (χ1) is 8.15. The van der Waals surface area contributed by atoms with Crippen LogP contribution in [-0.2, 0) is 0 Å². The molecule has 0 spiro atoms. The van der Waals surface area contributed by atoms with Gasteiger partial charge in [0.05, 0.1) is 21.1 Å². The number of halogens is 3. The van der Waals surface area contributed by atoms with Crippen molar-refractivity contribution < 1.29 is 0 Å². The molecule has 1 aromatic heterocycles. The highest BCUT2D eigenvalue weighted by Crippen LogP contribution is 2.31. The standard InChI is InChI=1S/C13H6Cl3N/c14-8-1-4-12-7(5-8)6-9-10(15)2-3-11(16)13(9)17-12/h1-6H. The smallest absolute Gasteiger partial charge is 0.0910 e. The van der Waals surface area contributed by atoms with Gasteiger partial charge in [-0.1, -0.05) is 34.8 Å². The minimum Gasteiger partial charge on any atom is -0.246 e. The SMILES string of the molecule is Clc1ccc2nc3c(Cl)ccc(Cl)c3cc2c1. The molecule has 0 saturated carbocycles. The molecule has 0 fully saturated rings. The van der Waals surface area contributed by atoms with Gasteiger partial charge in [0.2, 0.25) is 0 Å². The molecular weight excluding hydrogens is 277 g/mol. The average molecular weight is 283 g/mol. The van der Waals surface area contributed by atoms with E-state index in [9.17, 15) is 0 Å². The zero-order chi connectivity index (χ0) is 12.0. The van der Waals surface area contributed by atoms with Gasteiger partial charge in [-0.25, -0.2) is 4.98 Å². The van der Waals surface area contributed by atoms with Crippen molar-refractivity contribution in [3.8, 4) is 0 Å². The van der Waals surface area contributed by atoms with E-state index < -0.39 is 0 Å². The van der Waals surface area contributed by atoms with Crippen LogP contribution in [-0.4, -0.2) is 4.98 Å². The van der Waals surface area contributed by atoms with Crippen molar-refractivity contribution in [3.63, 3.8) is 0 Å². The van der Waals surface area contributed by atoms with Crippen molar-refractivity contribution in [2.45, 2.75) is 0 Å². The summed E-state index contributed by atoms with van der Waals surface area (Å²) in [7, 11) is 0. The van der Waals surface area contributed by atoms with Gasteiger partial charge in [-0.05, 0) is 36.4 Å². The maximum atomic E-state index is 6.14. The fourth-order valence-corrected chi connectivity index (χ4v) is 2.42. The van der Waals surface area contributed by atoms with E-state index in [2.05, 4.69) is 4.98 Å². The Morgan fingerprint density at radius 3 is 2.41 bits per heavy atom. The van der Waals surface area contributed by atoms with Gasteiger partial charge in [0, 0.05) is 15.8 Å². The second-order valence-corrected chi connectivity index (χ2v) is 5.00. The lowest BCUT2D eigenvalue weighted by Crippen LogP contribution is -1.84. The van der Waals surface area contributed by atoms with Gasteiger partial charge in [-0.2, -0.15) is 0 Å². The zero-order valence-electron chi connectivity index (χ0n) is 8.55. The van der Waals surface area contributed by atoms with Gasteiger partial charge in [0.1, 0.15) is 0 Å². The zero-order valence-corrected chi connectivity index (χ0v) is 10.8. The molecule has 3 aromatic rings. The Balaban J connectivity index is 2.52. The largest absolute Gasteiger partial charge is 0.246 e. The molecule has 2 aromatic carbocycles. The summed E-state index contributed by atoms with van der Waals surface area (Å²) >= 11 is 18.2. The normalized spacial score (nSPS) is 11.2. The van der Waals surface area contributed by atoms with Gasteiger partial charge in [0.15, 0.2) is 0 Å². The monoisotopic (exact) mass is 281 g/mol. The van der Waals surface area contributed by atoms with E-state index in [1.54, 1.807) is 18.2 Å². The first-order valence-electron chi connectivity index (χ1n) is 4.99. The van der Waals surface area contributed by atoms with Crippen LogP contribution < -0.4 is 0 Å². The van der Waals surface area contributed by atoms with Crippen molar-refractivity contribution in [2.75, 3.05) is 0 Å². The molecule has 4 heteroatoms. The van der Waals surface area contributed by atoms with E-state index in [1.165, 1.54) is 0 Å². The van der Waals surface area contributed by atoms with Crippen LogP contribution in [0.25, 0.3) is 21.8 Å². The molecule has 0 N–H and O–H groups in total. The van der Waals surface area contributed by atoms with E-state index in [-0.39, 0.29) is 0 Å². The van der Waals surface area contributed by atoms with Crippen LogP contribution in [0.5, 0.6) is 0 Å². The number of aromatic nitrogens is 1. The van der Waals surface area contributed by atoms with Crippen molar-refractivity contribution in [2.24, 2.45) is 0 Å². The van der Waals surface area contributed by atoms with E-state index in [0.717, 1.165) is 16.3 Å². The molecule has 1 nitrogen and oxygen atoms in total. The number of pyridine rings is 1. The lowest BCUT2D eigenvalue weighted by Gasteiger charge is -2.05. The third-order valence-corrected chi connectivity index (χ3v) is 3.51. The third-order valence-electron chi connectivity index (χ3n) is 2.64. The second-order valence-electron chi connectivity index (χ2n) is 3.75. The van der Waals surface area contributed by atoms with Crippen molar-refractivity contribution in [3.05, 3.63) is 51.5 Å². The van der Waals surface area contributed by atoms with Crippen LogP contribution >= 0.6 is 34.8 Å². The van der Waals surface area contributed by atoms with Gasteiger partial charge in [0.25, 0.3) is 0 Å². The quantitative estimate of drug-likeness (QED) is 0.507. The summed E-state index contributed by atoms with van der Waals surface area (Å²) in [6.45, 7) is 0. The summed E-state index contributed by atoms with van der Waals surface area (Å²) < 4.78 is 0. The van der Waals surface area contributed by atoms with Crippen LogP contribution in [0.4, 0.5) is 0 Å². The van der Waals surface area contributed by atoms with Crippen LogP contribution in [0.3, 0.4) is 0 Å². The average Bonchev–Trinajstić information content (AvgIpc) is 2.32. The van der Waals surface area contributed by atoms with Gasteiger partial charge < -0.3 is 0 Å². The highest BCUT2D eigenvalue weighted by atomic mass is 35.5. The Kier molecular flexibility index (Phi) is 2.62. The topological polar surface area (TPSA) is 12.9 Å². The first kappa shape index (κ1) is 11.1. The lowest BCUT2D eigenvalue weighted by molar-refractivity contribution is 1.50. The highest BCUT2D eigenvalue weighted by Gasteiger charge is 2.07. The fourth-order valence-electron chi connectivity index (χ4n) is 1.83. The molecule has 0 atom stereocenters. The molecule has 0 aliphatic carbocycles. The number of nitrogens with zero attached hydrogens (tertiary/aromatic N) is 1. The number of fused-ring (bicyclic) bond motifs is 2. The summed E-state index contributed by atoms with van der Waals surface area (Å²) in [6, 6.07) is 11.0. The van der Waals surface area contributed by atoms with Crippen LogP contribution in [0.15, 0.2) is 36.4 Å². The first-order valence-corrected chi connectivity index (χ1v) is 6.12. The van der Waals surface area contributed by atoms with Crippen molar-refractivity contribution >= 4 is 56.6 Å². The molecule has 0 radical (unpaired) electrons. The number of hydrogen-bond acceptors (Lipinski definition) is 1. The maximum Gasteiger partial charge on any atom is 0.0910 e. The predicted molar refractivity (Wildman–Crippen MR) is 74.3 cm³/mol. The Labute approximate surface area is 113 Å². The van der Waals surface area contributed by atoms with Crippen LogP contribution in [0, 0.1) is 0 Å². The third kappa shape index (κ3) is 1.85. The van der Waals surface area contributed by atoms with E-state index in [0.29, 0.717) is 20.6 Å². The Morgan fingerprint density at radius 2 is 1.59 bits per heavy atom. The summed E-state index contributed by atoms with van der Waals surface area (Å²) in [5.41, 5.74) is 1.57. The highest BCUT2D eigenvalue weighted by molar-refractivity contribution is 6.40. The summed E-state index contributed by atoms with van der Waals surface area (Å²) in [5, 5.41) is 3.71. The molecule has 3 rings (SSSR count). The molecule has 0 bridgehead atoms. The van der Waals surface area contributed by atoms with E-state index in [1.807, 2.05) is 18.2 Å². The van der Waals surface area contributed by atoms with Gasteiger partial charge in [-0.15, -0.1) is 0 Å². The van der Waals surface area contributed by atoms with Crippen LogP contribution in [0.2, 0.25) is 15.1 Å². The molecule has 0 unspecified atom stereocenters. The molecule has 17 heavy (non-hydrogen) atoms. The second kappa shape index (κ2) is 4.02. The van der Waals surface area contributed by atoms with Crippen LogP contribution in [0.1, 0.15) is 0 Å². The number of benzene rings is 2. The molecule has 0 amide bonds. The molecular formula is C13H6Cl3N. The Morgan fingerprint density at radius 1 is 0.824 bits per heavy atom. The molecule has 84 valence electrons. The van der Waals surface area contributed by atoms with Crippen molar-refractivity contribution in [1.29, 1.82) is 0 Å². The van der Waals surface area contributed by atoms with Gasteiger partial charge in [-0.3, -0.25) is 0 Å². The molecule has 0 aliphatic heterocycles. The summed E-state index contributed by atoms with van der Waals surface area (Å²) in [5.74, 6) is 0. The van der Waals surface area contributed by atoms with Crippen molar-refractivity contribution in [1.82, 2.24) is 4.98 Å². The minimum absolute atomic E-state index is 0.598. The maximum absolute atomic E-state index is 6.14. The predicted octanol–water partition coefficient (Wildman–Crippen LogP) is 5.35. The van der Waals surface area contributed by atoms with E-state index in [4.69, 9.17) is 34.8 Å². The molecule has 1 heterocycles.